The van der Waals surface area contributed by atoms with Gasteiger partial charge in [-0.1, -0.05) is 29.3 Å². The third kappa shape index (κ3) is 3.82. The molecule has 3 N–H and O–H groups in total. The molecule has 1 aromatic carbocycles. The van der Waals surface area contributed by atoms with Crippen molar-refractivity contribution in [2.75, 3.05) is 0 Å². The number of guanidine groups is 1. The summed E-state index contributed by atoms with van der Waals surface area (Å²) >= 11 is 12.1. The zero-order valence-corrected chi connectivity index (χ0v) is 15.0. The number of hydrogen-bond acceptors (Lipinski definition) is 3. The average molecular weight is 367 g/mol. The van der Waals surface area contributed by atoms with E-state index in [0.717, 1.165) is 36.6 Å². The number of aromatic nitrogens is 3. The van der Waals surface area contributed by atoms with Crippen molar-refractivity contribution in [3.05, 3.63) is 45.5 Å². The molecule has 24 heavy (non-hydrogen) atoms. The lowest BCUT2D eigenvalue weighted by atomic mass is 10.1. The van der Waals surface area contributed by atoms with Gasteiger partial charge in [0.15, 0.2) is 11.8 Å². The second-order valence-electron chi connectivity index (χ2n) is 5.87. The van der Waals surface area contributed by atoms with Crippen LogP contribution >= 0.6 is 23.2 Å². The highest BCUT2D eigenvalue weighted by Crippen LogP contribution is 2.25. The van der Waals surface area contributed by atoms with Gasteiger partial charge in [0.05, 0.1) is 6.04 Å². The maximum Gasteiger partial charge on any atom is 0.189 e. The Morgan fingerprint density at radius 2 is 2.21 bits per heavy atom. The van der Waals surface area contributed by atoms with E-state index in [1.165, 1.54) is 6.42 Å². The van der Waals surface area contributed by atoms with Gasteiger partial charge >= 0.3 is 0 Å². The van der Waals surface area contributed by atoms with Gasteiger partial charge in [-0.05, 0) is 37.5 Å². The molecule has 0 radical (unpaired) electrons. The van der Waals surface area contributed by atoms with E-state index in [1.54, 1.807) is 12.1 Å². The van der Waals surface area contributed by atoms with E-state index >= 15 is 0 Å². The number of benzene rings is 1. The molecule has 0 fully saturated rings. The minimum absolute atomic E-state index is 0.0779. The molecule has 128 valence electrons. The number of rotatable bonds is 4. The molecule has 1 aromatic heterocycles. The highest BCUT2D eigenvalue weighted by atomic mass is 35.5. The van der Waals surface area contributed by atoms with Gasteiger partial charge in [0.2, 0.25) is 0 Å². The van der Waals surface area contributed by atoms with Gasteiger partial charge in [-0.15, -0.1) is 10.2 Å². The van der Waals surface area contributed by atoms with Crippen molar-refractivity contribution >= 4 is 29.2 Å². The number of fused-ring (bicyclic) bond motifs is 1. The zero-order chi connectivity index (χ0) is 17.1. The number of nitrogens with one attached hydrogen (secondary N) is 1. The molecule has 2 heterocycles. The molecule has 0 saturated carbocycles. The van der Waals surface area contributed by atoms with Crippen LogP contribution in [-0.4, -0.2) is 20.7 Å². The number of aliphatic imine (C=N–C) groups is 1. The van der Waals surface area contributed by atoms with E-state index in [-0.39, 0.29) is 6.04 Å². The smallest absolute Gasteiger partial charge is 0.189 e. The van der Waals surface area contributed by atoms with Crippen LogP contribution in [0, 0.1) is 0 Å². The maximum absolute atomic E-state index is 6.22. The molecule has 1 aliphatic heterocycles. The first-order chi connectivity index (χ1) is 11.5. The summed E-state index contributed by atoms with van der Waals surface area (Å²) < 4.78 is 2.14. The van der Waals surface area contributed by atoms with Gasteiger partial charge in [0.25, 0.3) is 0 Å². The lowest BCUT2D eigenvalue weighted by molar-refractivity contribution is 0.508. The molecule has 2 aromatic rings. The Bertz CT molecular complexity index is 755. The fourth-order valence-electron chi connectivity index (χ4n) is 2.84. The van der Waals surface area contributed by atoms with Crippen LogP contribution in [-0.2, 0) is 19.5 Å². The van der Waals surface area contributed by atoms with Gasteiger partial charge in [-0.2, -0.15) is 0 Å². The lowest BCUT2D eigenvalue weighted by Gasteiger charge is -2.17. The van der Waals surface area contributed by atoms with E-state index in [2.05, 4.69) is 25.1 Å². The fraction of sp³-hybridized carbons (Fsp3) is 0.438. The Hall–Kier alpha value is -1.79. The maximum atomic E-state index is 6.22. The number of nitrogens with two attached hydrogens (primary N) is 1. The van der Waals surface area contributed by atoms with Crippen molar-refractivity contribution in [3.8, 4) is 0 Å². The molecule has 0 amide bonds. The fourth-order valence-corrected chi connectivity index (χ4v) is 3.41. The van der Waals surface area contributed by atoms with Crippen LogP contribution in [0.2, 0.25) is 10.0 Å². The summed E-state index contributed by atoms with van der Waals surface area (Å²) in [6.45, 7) is 3.33. The number of nitrogens with zero attached hydrogens (tertiary/aromatic N) is 4. The molecule has 8 heteroatoms. The highest BCUT2D eigenvalue weighted by molar-refractivity contribution is 6.35. The van der Waals surface area contributed by atoms with E-state index in [4.69, 9.17) is 28.9 Å². The summed E-state index contributed by atoms with van der Waals surface area (Å²) in [7, 11) is 0. The quantitative estimate of drug-likeness (QED) is 0.643. The standard InChI is InChI=1S/C16H20Cl2N6/c1-10(12-6-5-11(17)8-13(12)18)21-16(19)20-9-15-23-22-14-4-2-3-7-24(14)15/h5-6,8,10H,2-4,7,9H2,1H3,(H3,19,20,21). The Labute approximate surface area is 151 Å². The van der Waals surface area contributed by atoms with E-state index < -0.39 is 0 Å². The summed E-state index contributed by atoms with van der Waals surface area (Å²) in [5.74, 6) is 2.24. The first-order valence-electron chi connectivity index (χ1n) is 7.97. The average Bonchev–Trinajstić information content (AvgIpc) is 2.96. The minimum atomic E-state index is -0.0779. The van der Waals surface area contributed by atoms with E-state index in [1.807, 2.05) is 13.0 Å². The van der Waals surface area contributed by atoms with Gasteiger partial charge in [0, 0.05) is 23.0 Å². The summed E-state index contributed by atoms with van der Waals surface area (Å²) in [5.41, 5.74) is 6.91. The van der Waals surface area contributed by atoms with Gasteiger partial charge in [0.1, 0.15) is 12.4 Å². The van der Waals surface area contributed by atoms with Gasteiger partial charge in [-0.25, -0.2) is 4.99 Å². The zero-order valence-electron chi connectivity index (χ0n) is 13.5. The van der Waals surface area contributed by atoms with Crippen molar-refractivity contribution in [1.82, 2.24) is 20.1 Å². The van der Waals surface area contributed by atoms with Crippen molar-refractivity contribution < 1.29 is 0 Å². The van der Waals surface area contributed by atoms with E-state index in [9.17, 15) is 0 Å². The van der Waals surface area contributed by atoms with Crippen molar-refractivity contribution in [3.63, 3.8) is 0 Å². The Morgan fingerprint density at radius 3 is 3.00 bits per heavy atom. The third-order valence-corrected chi connectivity index (χ3v) is 4.68. The topological polar surface area (TPSA) is 81.1 Å². The van der Waals surface area contributed by atoms with E-state index in [0.29, 0.717) is 22.5 Å². The SMILES string of the molecule is CC(NC(N)=NCc1nnc2n1CCCC2)c1ccc(Cl)cc1Cl. The molecule has 0 saturated heterocycles. The lowest BCUT2D eigenvalue weighted by Crippen LogP contribution is -2.34. The van der Waals surface area contributed by atoms with Crippen molar-refractivity contribution in [2.24, 2.45) is 10.7 Å². The summed E-state index contributed by atoms with van der Waals surface area (Å²) in [6, 6.07) is 5.32. The molecular formula is C16H20Cl2N6. The molecule has 0 bridgehead atoms. The van der Waals surface area contributed by atoms with Crippen LogP contribution in [0.4, 0.5) is 0 Å². The first kappa shape index (κ1) is 17.0. The predicted molar refractivity (Wildman–Crippen MR) is 96.3 cm³/mol. The third-order valence-electron chi connectivity index (χ3n) is 4.12. The molecule has 0 aliphatic carbocycles. The number of halogens is 2. The van der Waals surface area contributed by atoms with Gasteiger partial charge < -0.3 is 15.6 Å². The summed E-state index contributed by atoms with van der Waals surface area (Å²) in [4.78, 5) is 4.38. The summed E-state index contributed by atoms with van der Waals surface area (Å²) in [6.07, 6.45) is 3.31. The Kier molecular flexibility index (Phi) is 5.26. The molecular weight excluding hydrogens is 347 g/mol. The molecule has 1 atom stereocenters. The predicted octanol–water partition coefficient (Wildman–Crippen LogP) is 3.09. The van der Waals surface area contributed by atoms with Crippen LogP contribution in [0.5, 0.6) is 0 Å². The molecule has 1 aliphatic rings. The Morgan fingerprint density at radius 1 is 1.38 bits per heavy atom. The van der Waals surface area contributed by atoms with Gasteiger partial charge in [-0.3, -0.25) is 0 Å². The van der Waals surface area contributed by atoms with Crippen molar-refractivity contribution in [1.29, 1.82) is 0 Å². The molecule has 6 nitrogen and oxygen atoms in total. The van der Waals surface area contributed by atoms with Crippen LogP contribution in [0.1, 0.15) is 43.0 Å². The minimum Gasteiger partial charge on any atom is -0.370 e. The molecule has 3 rings (SSSR count). The second-order valence-corrected chi connectivity index (χ2v) is 6.72. The molecule has 1 unspecified atom stereocenters. The normalized spacial score (nSPS) is 15.9. The Balaban J connectivity index is 1.65. The highest BCUT2D eigenvalue weighted by Gasteiger charge is 2.15. The molecule has 0 spiro atoms. The largest absolute Gasteiger partial charge is 0.370 e. The monoisotopic (exact) mass is 366 g/mol. The van der Waals surface area contributed by atoms with Crippen LogP contribution in [0.25, 0.3) is 0 Å². The summed E-state index contributed by atoms with van der Waals surface area (Å²) in [5, 5.41) is 12.8. The van der Waals surface area contributed by atoms with Crippen LogP contribution < -0.4 is 11.1 Å². The van der Waals surface area contributed by atoms with Crippen LogP contribution in [0.15, 0.2) is 23.2 Å². The number of aryl methyl sites for hydroxylation is 1. The number of hydrogen-bond donors (Lipinski definition) is 2. The van der Waals surface area contributed by atoms with Crippen molar-refractivity contribution in [2.45, 2.75) is 45.3 Å². The second kappa shape index (κ2) is 7.40. The first-order valence-corrected chi connectivity index (χ1v) is 8.72. The van der Waals surface area contributed by atoms with Crippen LogP contribution in [0.3, 0.4) is 0 Å².